The monoisotopic (exact) mass is 396 g/mol. The van der Waals surface area contributed by atoms with Crippen LogP contribution in [-0.2, 0) is 25.5 Å². The van der Waals surface area contributed by atoms with E-state index in [1.807, 2.05) is 36.4 Å². The molecule has 0 spiro atoms. The topological polar surface area (TPSA) is 84.9 Å². The van der Waals surface area contributed by atoms with Gasteiger partial charge in [-0.2, -0.15) is 0 Å². The van der Waals surface area contributed by atoms with E-state index in [1.54, 1.807) is 18.2 Å². The molecule has 29 heavy (non-hydrogen) atoms. The molecule has 0 aliphatic carbocycles. The van der Waals surface area contributed by atoms with Crippen molar-refractivity contribution in [3.05, 3.63) is 60.2 Å². The van der Waals surface area contributed by atoms with E-state index < -0.39 is 5.97 Å². The van der Waals surface area contributed by atoms with Crippen LogP contribution in [0.5, 0.6) is 5.75 Å². The van der Waals surface area contributed by atoms with Crippen LogP contribution in [0.15, 0.2) is 54.6 Å². The highest BCUT2D eigenvalue weighted by molar-refractivity contribution is 5.98. The summed E-state index contributed by atoms with van der Waals surface area (Å²) in [6.45, 7) is 0.316. The highest BCUT2D eigenvalue weighted by Crippen LogP contribution is 2.31. The van der Waals surface area contributed by atoms with Gasteiger partial charge in [0, 0.05) is 13.1 Å². The van der Waals surface area contributed by atoms with Gasteiger partial charge in [0.1, 0.15) is 5.75 Å². The number of nitrogens with zero attached hydrogens (tertiary/aromatic N) is 1. The minimum Gasteiger partial charge on any atom is -0.482 e. The van der Waals surface area contributed by atoms with Gasteiger partial charge < -0.3 is 19.7 Å². The Kier molecular flexibility index (Phi) is 7.22. The molecule has 7 heteroatoms. The predicted molar refractivity (Wildman–Crippen MR) is 108 cm³/mol. The zero-order valence-electron chi connectivity index (χ0n) is 16.1. The molecular weight excluding hydrogens is 372 g/mol. The number of fused-ring (bicyclic) bond motifs is 1. The van der Waals surface area contributed by atoms with Crippen LogP contribution in [-0.4, -0.2) is 44.1 Å². The first-order valence-corrected chi connectivity index (χ1v) is 9.62. The van der Waals surface area contributed by atoms with Gasteiger partial charge in [-0.25, -0.2) is 0 Å². The SMILES string of the molecule is O=C(COC(=O)CCN1C(=O)COc2ccccc21)NCCCc1ccccc1. The van der Waals surface area contributed by atoms with E-state index in [0.29, 0.717) is 18.0 Å². The molecule has 0 saturated heterocycles. The lowest BCUT2D eigenvalue weighted by Crippen LogP contribution is -2.40. The van der Waals surface area contributed by atoms with Crippen molar-refractivity contribution in [2.45, 2.75) is 19.3 Å². The zero-order valence-corrected chi connectivity index (χ0v) is 16.1. The molecule has 152 valence electrons. The number of aryl methyl sites for hydroxylation is 1. The number of rotatable bonds is 9. The van der Waals surface area contributed by atoms with Crippen LogP contribution < -0.4 is 15.0 Å². The molecule has 1 aliphatic rings. The van der Waals surface area contributed by atoms with Gasteiger partial charge in [-0.15, -0.1) is 0 Å². The van der Waals surface area contributed by atoms with Crippen LogP contribution in [0.3, 0.4) is 0 Å². The van der Waals surface area contributed by atoms with E-state index in [9.17, 15) is 14.4 Å². The average molecular weight is 396 g/mol. The lowest BCUT2D eigenvalue weighted by molar-refractivity contribution is -0.148. The van der Waals surface area contributed by atoms with Gasteiger partial charge in [0.2, 0.25) is 0 Å². The molecule has 0 saturated carbocycles. The molecular formula is C22H24N2O5. The van der Waals surface area contributed by atoms with Crippen molar-refractivity contribution >= 4 is 23.5 Å². The summed E-state index contributed by atoms with van der Waals surface area (Å²) < 4.78 is 10.4. The van der Waals surface area contributed by atoms with Gasteiger partial charge in [-0.1, -0.05) is 42.5 Å². The molecule has 0 atom stereocenters. The quantitative estimate of drug-likeness (QED) is 0.518. The second-order valence-electron chi connectivity index (χ2n) is 6.65. The highest BCUT2D eigenvalue weighted by atomic mass is 16.5. The number of ether oxygens (including phenoxy) is 2. The first kappa shape index (κ1) is 20.4. The first-order valence-electron chi connectivity index (χ1n) is 9.62. The molecule has 1 aliphatic heterocycles. The lowest BCUT2D eigenvalue weighted by Gasteiger charge is -2.28. The van der Waals surface area contributed by atoms with E-state index in [4.69, 9.17) is 9.47 Å². The molecule has 2 aromatic rings. The molecule has 0 bridgehead atoms. The zero-order chi connectivity index (χ0) is 20.5. The third kappa shape index (κ3) is 6.07. The maximum atomic E-state index is 12.1. The minimum atomic E-state index is -0.527. The second kappa shape index (κ2) is 10.3. The molecule has 0 fully saturated rings. The summed E-state index contributed by atoms with van der Waals surface area (Å²) in [7, 11) is 0. The summed E-state index contributed by atoms with van der Waals surface area (Å²) in [5, 5.41) is 2.74. The summed E-state index contributed by atoms with van der Waals surface area (Å²) in [6.07, 6.45) is 1.68. The van der Waals surface area contributed by atoms with Gasteiger partial charge in [-0.3, -0.25) is 14.4 Å². The number of benzene rings is 2. The number of anilines is 1. The van der Waals surface area contributed by atoms with Crippen molar-refractivity contribution in [2.24, 2.45) is 0 Å². The van der Waals surface area contributed by atoms with Crippen molar-refractivity contribution in [2.75, 3.05) is 31.2 Å². The van der Waals surface area contributed by atoms with Crippen LogP contribution in [0.25, 0.3) is 0 Å². The Bertz CT molecular complexity index is 853. The Morgan fingerprint density at radius 2 is 1.83 bits per heavy atom. The predicted octanol–water partition coefficient (Wildman–Crippen LogP) is 2.09. The molecule has 2 amide bonds. The summed E-state index contributed by atoms with van der Waals surface area (Å²) in [5.74, 6) is -0.469. The summed E-state index contributed by atoms with van der Waals surface area (Å²) in [5.41, 5.74) is 1.85. The fourth-order valence-corrected chi connectivity index (χ4v) is 3.04. The Labute approximate surface area is 169 Å². The van der Waals surface area contributed by atoms with E-state index >= 15 is 0 Å². The molecule has 2 aromatic carbocycles. The number of carbonyl (C=O) groups is 3. The fraction of sp³-hybridized carbons (Fsp3) is 0.318. The molecule has 1 N–H and O–H groups in total. The van der Waals surface area contributed by atoms with E-state index in [1.165, 1.54) is 10.5 Å². The van der Waals surface area contributed by atoms with Crippen LogP contribution in [0.2, 0.25) is 0 Å². The average Bonchev–Trinajstić information content (AvgIpc) is 2.75. The Hall–Kier alpha value is -3.35. The highest BCUT2D eigenvalue weighted by Gasteiger charge is 2.25. The van der Waals surface area contributed by atoms with E-state index in [-0.39, 0.29) is 38.0 Å². The molecule has 0 radical (unpaired) electrons. The van der Waals surface area contributed by atoms with Crippen molar-refractivity contribution < 1.29 is 23.9 Å². The third-order valence-corrected chi connectivity index (χ3v) is 4.52. The number of para-hydroxylation sites is 2. The minimum absolute atomic E-state index is 0.00135. The van der Waals surface area contributed by atoms with Gasteiger partial charge >= 0.3 is 5.97 Å². The molecule has 7 nitrogen and oxygen atoms in total. The number of carbonyl (C=O) groups excluding carboxylic acids is 3. The Balaban J connectivity index is 1.33. The van der Waals surface area contributed by atoms with Crippen molar-refractivity contribution in [1.82, 2.24) is 5.32 Å². The van der Waals surface area contributed by atoms with Crippen molar-refractivity contribution in [1.29, 1.82) is 0 Å². The fourth-order valence-electron chi connectivity index (χ4n) is 3.04. The molecule has 3 rings (SSSR count). The summed E-state index contributed by atoms with van der Waals surface area (Å²) in [6, 6.07) is 17.2. The van der Waals surface area contributed by atoms with Gasteiger partial charge in [0.05, 0.1) is 12.1 Å². The van der Waals surface area contributed by atoms with Crippen molar-refractivity contribution in [3.8, 4) is 5.75 Å². The Morgan fingerprint density at radius 3 is 2.66 bits per heavy atom. The number of esters is 1. The molecule has 1 heterocycles. The van der Waals surface area contributed by atoms with Gasteiger partial charge in [0.15, 0.2) is 13.2 Å². The number of nitrogens with one attached hydrogen (secondary N) is 1. The largest absolute Gasteiger partial charge is 0.482 e. The van der Waals surface area contributed by atoms with E-state index in [0.717, 1.165) is 12.8 Å². The maximum Gasteiger partial charge on any atom is 0.308 e. The first-order chi connectivity index (χ1) is 14.1. The number of hydrogen-bond acceptors (Lipinski definition) is 5. The van der Waals surface area contributed by atoms with Crippen LogP contribution in [0.1, 0.15) is 18.4 Å². The van der Waals surface area contributed by atoms with Gasteiger partial charge in [-0.05, 0) is 30.5 Å². The molecule has 0 unspecified atom stereocenters. The smallest absolute Gasteiger partial charge is 0.308 e. The summed E-state index contributed by atoms with van der Waals surface area (Å²) >= 11 is 0. The molecule has 0 aromatic heterocycles. The van der Waals surface area contributed by atoms with Crippen LogP contribution in [0, 0.1) is 0 Å². The second-order valence-corrected chi connectivity index (χ2v) is 6.65. The standard InChI is InChI=1S/C22H24N2O5/c25-20(23-13-6-9-17-7-2-1-3-8-17)15-29-22(27)12-14-24-18-10-4-5-11-19(18)28-16-21(24)26/h1-5,7-8,10-11H,6,9,12-16H2,(H,23,25). The van der Waals surface area contributed by atoms with Crippen LogP contribution in [0.4, 0.5) is 5.69 Å². The van der Waals surface area contributed by atoms with Crippen molar-refractivity contribution in [3.63, 3.8) is 0 Å². The number of hydrogen-bond donors (Lipinski definition) is 1. The normalized spacial score (nSPS) is 12.7. The van der Waals surface area contributed by atoms with E-state index in [2.05, 4.69) is 5.32 Å². The summed E-state index contributed by atoms with van der Waals surface area (Å²) in [4.78, 5) is 37.3. The third-order valence-electron chi connectivity index (χ3n) is 4.52. The lowest BCUT2D eigenvalue weighted by atomic mass is 10.1. The maximum absolute atomic E-state index is 12.1. The Morgan fingerprint density at radius 1 is 1.07 bits per heavy atom. The van der Waals surface area contributed by atoms with Crippen LogP contribution >= 0.6 is 0 Å². The number of amides is 2. The van der Waals surface area contributed by atoms with Gasteiger partial charge in [0.25, 0.3) is 11.8 Å².